The number of nitrogens with zero attached hydrogens (tertiary/aromatic N) is 3. The van der Waals surface area contributed by atoms with Crippen LogP contribution in [0.3, 0.4) is 0 Å². The number of ether oxygens (including phenoxy) is 1. The molecular weight excluding hydrogens is 396 g/mol. The van der Waals surface area contributed by atoms with Crippen molar-refractivity contribution < 1.29 is 14.3 Å². The van der Waals surface area contributed by atoms with Crippen molar-refractivity contribution in [3.05, 3.63) is 71.0 Å². The van der Waals surface area contributed by atoms with Gasteiger partial charge >= 0.3 is 5.97 Å². The van der Waals surface area contributed by atoms with Gasteiger partial charge in [-0.05, 0) is 36.4 Å². The number of hydrogen-bond acceptors (Lipinski definition) is 8. The van der Waals surface area contributed by atoms with Crippen LogP contribution in [-0.4, -0.2) is 33.4 Å². The van der Waals surface area contributed by atoms with E-state index in [1.54, 1.807) is 24.3 Å². The molecule has 3 aromatic rings. The van der Waals surface area contributed by atoms with E-state index < -0.39 is 11.9 Å². The number of hydrogen-bond donors (Lipinski definition) is 3. The minimum absolute atomic E-state index is 0.0134. The topological polar surface area (TPSA) is 132 Å². The summed E-state index contributed by atoms with van der Waals surface area (Å²) >= 11 is 5.78. The molecule has 0 saturated carbocycles. The first-order valence-electron chi connectivity index (χ1n) is 8.51. The molecule has 148 valence electrons. The molecule has 0 aliphatic heterocycles. The van der Waals surface area contributed by atoms with Gasteiger partial charge in [0.2, 0.25) is 11.9 Å². The highest BCUT2D eigenvalue weighted by Crippen LogP contribution is 2.13. The summed E-state index contributed by atoms with van der Waals surface area (Å²) in [6.45, 7) is -0.525. The molecule has 0 atom stereocenters. The number of halogens is 1. The predicted molar refractivity (Wildman–Crippen MR) is 108 cm³/mol. The average molecular weight is 413 g/mol. The van der Waals surface area contributed by atoms with E-state index in [2.05, 4.69) is 25.6 Å². The lowest BCUT2D eigenvalue weighted by Crippen LogP contribution is -2.30. The molecule has 2 aromatic carbocycles. The smallest absolute Gasteiger partial charge is 0.325 e. The molecule has 29 heavy (non-hydrogen) atoms. The second kappa shape index (κ2) is 9.47. The number of para-hydroxylation sites is 1. The Labute approximate surface area is 171 Å². The number of carbonyl (C=O) groups excluding carboxylic acids is 2. The lowest BCUT2D eigenvalue weighted by molar-refractivity contribution is -0.143. The number of nitrogen functional groups attached to an aromatic ring is 1. The third-order valence-corrected chi connectivity index (χ3v) is 3.84. The molecule has 0 aliphatic carbocycles. The standard InChI is InChI=1S/C19H17ClN6O3/c20-13-8-6-12(7-9-13)17(28)22-10-16(27)29-11-15-24-18(21)26-19(25-15)23-14-4-2-1-3-5-14/h1-9H,10-11H2,(H,22,28)(H3,21,23,24,25,26). The monoisotopic (exact) mass is 412 g/mol. The first-order chi connectivity index (χ1) is 14.0. The summed E-state index contributed by atoms with van der Waals surface area (Å²) in [6.07, 6.45) is 0. The van der Waals surface area contributed by atoms with Crippen LogP contribution in [0.4, 0.5) is 17.6 Å². The summed E-state index contributed by atoms with van der Waals surface area (Å²) < 4.78 is 5.08. The van der Waals surface area contributed by atoms with Crippen molar-refractivity contribution in [3.63, 3.8) is 0 Å². The van der Waals surface area contributed by atoms with E-state index in [1.807, 2.05) is 30.3 Å². The Morgan fingerprint density at radius 3 is 2.45 bits per heavy atom. The van der Waals surface area contributed by atoms with Gasteiger partial charge in [-0.1, -0.05) is 29.8 Å². The van der Waals surface area contributed by atoms with E-state index in [-0.39, 0.29) is 30.9 Å². The molecule has 0 radical (unpaired) electrons. The van der Waals surface area contributed by atoms with Gasteiger partial charge in [-0.15, -0.1) is 0 Å². The highest BCUT2D eigenvalue weighted by molar-refractivity contribution is 6.30. The molecule has 0 unspecified atom stereocenters. The van der Waals surface area contributed by atoms with E-state index >= 15 is 0 Å². The van der Waals surface area contributed by atoms with Crippen molar-refractivity contribution in [2.24, 2.45) is 0 Å². The fourth-order valence-electron chi connectivity index (χ4n) is 2.26. The number of amides is 1. The number of benzene rings is 2. The van der Waals surface area contributed by atoms with E-state index in [0.29, 0.717) is 10.6 Å². The molecule has 4 N–H and O–H groups in total. The van der Waals surface area contributed by atoms with Gasteiger partial charge in [0.05, 0.1) is 0 Å². The summed E-state index contributed by atoms with van der Waals surface area (Å²) in [7, 11) is 0. The first kappa shape index (κ1) is 20.0. The Bertz CT molecular complexity index is 999. The zero-order valence-electron chi connectivity index (χ0n) is 15.1. The minimum Gasteiger partial charge on any atom is -0.456 e. The molecule has 10 heteroatoms. The highest BCUT2D eigenvalue weighted by atomic mass is 35.5. The molecule has 0 saturated heterocycles. The quantitative estimate of drug-likeness (QED) is 0.503. The van der Waals surface area contributed by atoms with E-state index in [9.17, 15) is 9.59 Å². The van der Waals surface area contributed by atoms with Crippen molar-refractivity contribution in [1.82, 2.24) is 20.3 Å². The van der Waals surface area contributed by atoms with Gasteiger partial charge in [-0.2, -0.15) is 15.0 Å². The van der Waals surface area contributed by atoms with Crippen molar-refractivity contribution in [2.45, 2.75) is 6.61 Å². The second-order valence-corrected chi connectivity index (χ2v) is 6.21. The lowest BCUT2D eigenvalue weighted by Gasteiger charge is -2.08. The molecule has 1 amide bonds. The van der Waals surface area contributed by atoms with Crippen LogP contribution in [0.5, 0.6) is 0 Å². The summed E-state index contributed by atoms with van der Waals surface area (Å²) in [6, 6.07) is 15.5. The van der Waals surface area contributed by atoms with E-state index in [1.165, 1.54) is 0 Å². The van der Waals surface area contributed by atoms with Crippen LogP contribution in [0, 0.1) is 0 Å². The van der Waals surface area contributed by atoms with E-state index in [4.69, 9.17) is 22.1 Å². The number of esters is 1. The maximum Gasteiger partial charge on any atom is 0.325 e. The van der Waals surface area contributed by atoms with Crippen LogP contribution in [-0.2, 0) is 16.1 Å². The van der Waals surface area contributed by atoms with Crippen molar-refractivity contribution >= 4 is 41.1 Å². The van der Waals surface area contributed by atoms with Gasteiger partial charge in [0.1, 0.15) is 6.54 Å². The van der Waals surface area contributed by atoms with Crippen LogP contribution < -0.4 is 16.4 Å². The largest absolute Gasteiger partial charge is 0.456 e. The minimum atomic E-state index is -0.649. The molecule has 0 fully saturated rings. The summed E-state index contributed by atoms with van der Waals surface area (Å²) in [4.78, 5) is 36.0. The molecule has 1 heterocycles. The fraction of sp³-hybridized carbons (Fsp3) is 0.105. The zero-order chi connectivity index (χ0) is 20.6. The third kappa shape index (κ3) is 6.15. The first-order valence-corrected chi connectivity index (χ1v) is 8.89. The van der Waals surface area contributed by atoms with Crippen LogP contribution in [0.25, 0.3) is 0 Å². The molecule has 0 bridgehead atoms. The number of aromatic nitrogens is 3. The maximum absolute atomic E-state index is 12.0. The number of rotatable bonds is 7. The van der Waals surface area contributed by atoms with Gasteiger partial charge < -0.3 is 21.1 Å². The number of anilines is 3. The van der Waals surface area contributed by atoms with Crippen molar-refractivity contribution in [2.75, 3.05) is 17.6 Å². The van der Waals surface area contributed by atoms with E-state index in [0.717, 1.165) is 5.69 Å². The molecule has 0 aliphatic rings. The predicted octanol–water partition coefficient (Wildman–Crippen LogP) is 2.32. The Morgan fingerprint density at radius 2 is 1.72 bits per heavy atom. The molecule has 9 nitrogen and oxygen atoms in total. The number of carbonyl (C=O) groups is 2. The SMILES string of the molecule is Nc1nc(COC(=O)CNC(=O)c2ccc(Cl)cc2)nc(Nc2ccccc2)n1. The zero-order valence-corrected chi connectivity index (χ0v) is 15.9. The normalized spacial score (nSPS) is 10.2. The van der Waals surface area contributed by atoms with Gasteiger partial charge in [0, 0.05) is 16.3 Å². The average Bonchev–Trinajstić information content (AvgIpc) is 2.71. The van der Waals surface area contributed by atoms with Gasteiger partial charge in [-0.3, -0.25) is 9.59 Å². The molecular formula is C19H17ClN6O3. The van der Waals surface area contributed by atoms with Crippen LogP contribution >= 0.6 is 11.6 Å². The molecule has 0 spiro atoms. The van der Waals surface area contributed by atoms with Crippen molar-refractivity contribution in [3.8, 4) is 0 Å². The van der Waals surface area contributed by atoms with Crippen LogP contribution in [0.15, 0.2) is 54.6 Å². The van der Waals surface area contributed by atoms with Gasteiger partial charge in [-0.25, -0.2) is 0 Å². The highest BCUT2D eigenvalue weighted by Gasteiger charge is 2.11. The fourth-order valence-corrected chi connectivity index (χ4v) is 2.39. The summed E-state index contributed by atoms with van der Waals surface area (Å²) in [5.74, 6) is -0.680. The van der Waals surface area contributed by atoms with Crippen LogP contribution in [0.1, 0.15) is 16.2 Å². The summed E-state index contributed by atoms with van der Waals surface area (Å²) in [5, 5.41) is 5.96. The Morgan fingerprint density at radius 1 is 1.00 bits per heavy atom. The van der Waals surface area contributed by atoms with Crippen LogP contribution in [0.2, 0.25) is 5.02 Å². The second-order valence-electron chi connectivity index (χ2n) is 5.77. The van der Waals surface area contributed by atoms with Gasteiger partial charge in [0.15, 0.2) is 12.4 Å². The number of nitrogens with two attached hydrogens (primary N) is 1. The van der Waals surface area contributed by atoms with Gasteiger partial charge in [0.25, 0.3) is 5.91 Å². The Balaban J connectivity index is 1.51. The molecule has 3 rings (SSSR count). The lowest BCUT2D eigenvalue weighted by atomic mass is 10.2. The molecule has 1 aromatic heterocycles. The van der Waals surface area contributed by atoms with Crippen molar-refractivity contribution in [1.29, 1.82) is 0 Å². The maximum atomic E-state index is 12.0. The Kier molecular flexibility index (Phi) is 6.54. The Hall–Kier alpha value is -3.72. The summed E-state index contributed by atoms with van der Waals surface area (Å²) in [5.41, 5.74) is 6.83. The number of nitrogens with one attached hydrogen (secondary N) is 2. The third-order valence-electron chi connectivity index (χ3n) is 3.59.